The summed E-state index contributed by atoms with van der Waals surface area (Å²) in [5.74, 6) is -4.03. The zero-order valence-electron chi connectivity index (χ0n) is 19.2. The van der Waals surface area contributed by atoms with Gasteiger partial charge in [-0.3, -0.25) is 0 Å². The van der Waals surface area contributed by atoms with Crippen LogP contribution < -0.4 is 0 Å². The van der Waals surface area contributed by atoms with Crippen LogP contribution in [0.15, 0.2) is 97.1 Å². The maximum atomic E-state index is 11.1. The molecule has 9 nitrogen and oxygen atoms in total. The average Bonchev–Trinajstić information content (AvgIpc) is 2.89. The minimum absolute atomic E-state index is 0. The molecule has 0 radical (unpaired) electrons. The summed E-state index contributed by atoms with van der Waals surface area (Å²) < 4.78 is 0. The second-order valence-electron chi connectivity index (χ2n) is 7.47. The first-order chi connectivity index (χ1) is 17.2. The van der Waals surface area contributed by atoms with Gasteiger partial charge in [-0.1, -0.05) is 60.7 Å². The number of carboxylic acids is 4. The van der Waals surface area contributed by atoms with E-state index < -0.39 is 23.9 Å². The quantitative estimate of drug-likeness (QED) is 0.293. The number of hydrogen-bond donors (Lipinski definition) is 4. The first-order valence-corrected chi connectivity index (χ1v) is 10.5. The van der Waals surface area contributed by atoms with Crippen LogP contribution in [0.1, 0.15) is 41.4 Å². The molecule has 0 heterocycles. The van der Waals surface area contributed by atoms with Gasteiger partial charge in [-0.25, -0.2) is 19.2 Å². The van der Waals surface area contributed by atoms with E-state index in [-0.39, 0.29) is 27.7 Å². The second-order valence-corrected chi connectivity index (χ2v) is 7.47. The fourth-order valence-corrected chi connectivity index (χ4v) is 3.43. The predicted molar refractivity (Wildman–Crippen MR) is 135 cm³/mol. The van der Waals surface area contributed by atoms with Gasteiger partial charge in [-0.15, -0.1) is 0 Å². The predicted octanol–water partition coefficient (Wildman–Crippen LogP) is 4.68. The Labute approximate surface area is 210 Å². The van der Waals surface area contributed by atoms with Crippen LogP contribution in [0.4, 0.5) is 0 Å². The molecule has 0 aliphatic rings. The van der Waals surface area contributed by atoms with Crippen molar-refractivity contribution in [3.05, 3.63) is 119 Å². The van der Waals surface area contributed by atoms with Crippen LogP contribution in [0.3, 0.4) is 0 Å². The first-order valence-electron chi connectivity index (χ1n) is 10.5. The second kappa shape index (κ2) is 12.4. The lowest BCUT2D eigenvalue weighted by molar-refractivity contribution is 0.0686. The van der Waals surface area contributed by atoms with Gasteiger partial charge in [-0.05, 0) is 58.7 Å². The number of carboxylic acid groups (broad SMARTS) is 4. The minimum atomic E-state index is -1.01. The molecular weight excluding hydrogens is 480 g/mol. The smallest absolute Gasteiger partial charge is 0.336 e. The summed E-state index contributed by atoms with van der Waals surface area (Å²) in [6, 6.07) is 25.4. The molecule has 6 N–H and O–H groups in total. The van der Waals surface area contributed by atoms with Crippen LogP contribution in [0, 0.1) is 0 Å². The Morgan fingerprint density at radius 1 is 0.405 bits per heavy atom. The summed E-state index contributed by atoms with van der Waals surface area (Å²) in [4.78, 5) is 43.6. The van der Waals surface area contributed by atoms with Crippen molar-refractivity contribution in [2.75, 3.05) is 0 Å². The summed E-state index contributed by atoms with van der Waals surface area (Å²) in [5, 5.41) is 35.7. The van der Waals surface area contributed by atoms with Crippen LogP contribution in [0.2, 0.25) is 0 Å². The summed E-state index contributed by atoms with van der Waals surface area (Å²) in [6.45, 7) is 0. The topological polar surface area (TPSA) is 181 Å². The molecule has 0 spiro atoms. The van der Waals surface area contributed by atoms with E-state index in [2.05, 4.69) is 0 Å². The first kappa shape index (κ1) is 28.0. The zero-order valence-corrected chi connectivity index (χ0v) is 19.2. The highest BCUT2D eigenvalue weighted by molar-refractivity contribution is 5.97. The average molecular weight is 502 g/mol. The summed E-state index contributed by atoms with van der Waals surface area (Å²) in [5.41, 5.74) is 3.24. The highest BCUT2D eigenvalue weighted by Crippen LogP contribution is 2.25. The molecule has 37 heavy (non-hydrogen) atoms. The van der Waals surface area contributed by atoms with Crippen LogP contribution in [-0.2, 0) is 0 Å². The zero-order chi connectivity index (χ0) is 26.2. The molecule has 0 fully saturated rings. The van der Waals surface area contributed by atoms with E-state index in [9.17, 15) is 19.2 Å². The molecule has 4 rings (SSSR count). The largest absolute Gasteiger partial charge is 0.478 e. The maximum absolute atomic E-state index is 11.1. The van der Waals surface area contributed by atoms with Gasteiger partial charge in [0.2, 0.25) is 0 Å². The summed E-state index contributed by atoms with van der Waals surface area (Å²) in [7, 11) is 0. The molecule has 0 aliphatic carbocycles. The minimum Gasteiger partial charge on any atom is -0.478 e. The van der Waals surface area contributed by atoms with Crippen LogP contribution >= 0.6 is 0 Å². The fraction of sp³-hybridized carbons (Fsp3) is 0. The van der Waals surface area contributed by atoms with Crippen LogP contribution in [-0.4, -0.2) is 49.8 Å². The highest BCUT2D eigenvalue weighted by Gasteiger charge is 2.12. The van der Waals surface area contributed by atoms with E-state index in [0.29, 0.717) is 22.3 Å². The van der Waals surface area contributed by atoms with Gasteiger partial charge in [0.15, 0.2) is 0 Å². The highest BCUT2D eigenvalue weighted by atomic mass is 16.4. The van der Waals surface area contributed by atoms with Crippen molar-refractivity contribution in [3.63, 3.8) is 0 Å². The Morgan fingerprint density at radius 3 is 0.973 bits per heavy atom. The molecule has 0 amide bonds. The number of hydrogen-bond acceptors (Lipinski definition) is 4. The fourth-order valence-electron chi connectivity index (χ4n) is 3.43. The van der Waals surface area contributed by atoms with E-state index >= 15 is 0 Å². The number of carbonyl (C=O) groups is 4. The third-order valence-electron chi connectivity index (χ3n) is 5.20. The molecule has 0 saturated heterocycles. The van der Waals surface area contributed by atoms with Gasteiger partial charge in [0.1, 0.15) is 0 Å². The lowest BCUT2D eigenvalue weighted by Gasteiger charge is -2.06. The van der Waals surface area contributed by atoms with E-state index in [0.717, 1.165) is 0 Å². The van der Waals surface area contributed by atoms with Crippen molar-refractivity contribution < 1.29 is 45.1 Å². The third-order valence-corrected chi connectivity index (χ3v) is 5.20. The summed E-state index contributed by atoms with van der Waals surface area (Å²) in [6.07, 6.45) is 0. The van der Waals surface area contributed by atoms with Crippen molar-refractivity contribution in [2.45, 2.75) is 0 Å². The molecule has 9 heteroatoms. The maximum Gasteiger partial charge on any atom is 0.336 e. The van der Waals surface area contributed by atoms with Crippen molar-refractivity contribution in [1.82, 2.24) is 0 Å². The summed E-state index contributed by atoms with van der Waals surface area (Å²) >= 11 is 0. The Hall–Kier alpha value is -5.28. The van der Waals surface area contributed by atoms with Crippen LogP contribution in [0.25, 0.3) is 22.3 Å². The monoisotopic (exact) mass is 502 g/mol. The van der Waals surface area contributed by atoms with Crippen molar-refractivity contribution in [2.24, 2.45) is 0 Å². The molecule has 0 bridgehead atoms. The van der Waals surface area contributed by atoms with Crippen molar-refractivity contribution >= 4 is 23.9 Å². The van der Waals surface area contributed by atoms with E-state index in [1.54, 1.807) is 60.7 Å². The molecule has 0 aliphatic heterocycles. The van der Waals surface area contributed by atoms with E-state index in [1.807, 2.05) is 0 Å². The molecule has 0 saturated carbocycles. The van der Waals surface area contributed by atoms with Gasteiger partial charge >= 0.3 is 23.9 Å². The molecule has 0 atom stereocenters. The van der Waals surface area contributed by atoms with Gasteiger partial charge in [-0.2, -0.15) is 0 Å². The number of aromatic carboxylic acids is 4. The lowest BCUT2D eigenvalue weighted by Crippen LogP contribution is -1.99. The van der Waals surface area contributed by atoms with Gasteiger partial charge in [0.05, 0.1) is 22.3 Å². The lowest BCUT2D eigenvalue weighted by atomic mass is 9.99. The Balaban J connectivity index is 0.000000253. The van der Waals surface area contributed by atoms with Gasteiger partial charge in [0.25, 0.3) is 0 Å². The van der Waals surface area contributed by atoms with Gasteiger partial charge in [0, 0.05) is 0 Å². The third kappa shape index (κ3) is 6.87. The molecule has 0 unspecified atom stereocenters. The van der Waals surface area contributed by atoms with Crippen molar-refractivity contribution in [1.29, 1.82) is 0 Å². The normalized spacial score (nSPS) is 9.73. The Bertz CT molecular complexity index is 1310. The number of rotatable bonds is 6. The Kier molecular flexibility index (Phi) is 9.39. The Morgan fingerprint density at radius 2 is 0.703 bits per heavy atom. The van der Waals surface area contributed by atoms with Gasteiger partial charge < -0.3 is 25.9 Å². The van der Waals surface area contributed by atoms with Crippen molar-refractivity contribution in [3.8, 4) is 22.3 Å². The molecule has 4 aromatic carbocycles. The molecule has 0 aromatic heterocycles. The SMILES string of the molecule is O.O=C(O)c1ccc(-c2ccccc2C(=O)O)cc1.O=C(O)c1ccc(-c2ccccc2C(=O)O)cc1. The van der Waals surface area contributed by atoms with E-state index in [1.165, 1.54) is 36.4 Å². The van der Waals surface area contributed by atoms with Crippen LogP contribution in [0.5, 0.6) is 0 Å². The molecular formula is C28H22O9. The molecule has 4 aromatic rings. The van der Waals surface area contributed by atoms with E-state index in [4.69, 9.17) is 20.4 Å². The standard InChI is InChI=1S/2C14H10O4.H2O/c2*15-13(16)10-7-5-9(6-8-10)11-3-1-2-4-12(11)14(17)18;/h2*1-8H,(H,15,16)(H,17,18);1H2. The number of benzene rings is 4. The molecule has 188 valence electrons.